The summed E-state index contributed by atoms with van der Waals surface area (Å²) in [7, 11) is 0. The van der Waals surface area contributed by atoms with Crippen LogP contribution in [0.4, 0.5) is 0 Å². The van der Waals surface area contributed by atoms with E-state index in [9.17, 15) is 0 Å². The Hall–Kier alpha value is -0.860. The molecule has 118 valence electrons. The van der Waals surface area contributed by atoms with E-state index in [1.807, 2.05) is 0 Å². The second-order valence-electron chi connectivity index (χ2n) is 7.13. The van der Waals surface area contributed by atoms with Gasteiger partial charge in [0.25, 0.3) is 0 Å². The maximum atomic E-state index is 6.48. The normalized spacial score (nSPS) is 22.0. The van der Waals surface area contributed by atoms with Crippen molar-refractivity contribution in [2.24, 2.45) is 11.1 Å². The third-order valence-electron chi connectivity index (χ3n) is 5.55. The Balaban J connectivity index is 2.16. The number of nitrogens with two attached hydrogens (primary N) is 1. The maximum absolute atomic E-state index is 6.48. The molecule has 2 rings (SSSR count). The smallest absolute Gasteiger partial charge is 0.0499 e. The molecule has 0 aliphatic carbocycles. The molecule has 1 aromatic carbocycles. The van der Waals surface area contributed by atoms with Gasteiger partial charge in [-0.15, -0.1) is 0 Å². The molecule has 0 amide bonds. The molecule has 0 aromatic heterocycles. The minimum atomic E-state index is 0.221. The van der Waals surface area contributed by atoms with Gasteiger partial charge < -0.3 is 5.73 Å². The monoisotopic (exact) mass is 288 g/mol. The van der Waals surface area contributed by atoms with E-state index in [2.05, 4.69) is 56.9 Å². The van der Waals surface area contributed by atoms with Crippen LogP contribution < -0.4 is 5.73 Å². The third kappa shape index (κ3) is 3.87. The Kier molecular flexibility index (Phi) is 5.45. The first-order chi connectivity index (χ1) is 9.99. The molecule has 1 heterocycles. The number of nitrogens with zero attached hydrogens (tertiary/aromatic N) is 1. The topological polar surface area (TPSA) is 29.3 Å². The molecule has 1 aromatic rings. The van der Waals surface area contributed by atoms with Crippen molar-refractivity contribution < 1.29 is 0 Å². The number of aryl methyl sites for hydroxylation is 1. The SMILES string of the molecule is CCC(N)C(c1ccc(C)cc1)N1CCC(C)(CC)CC1. The molecule has 1 saturated heterocycles. The number of hydrogen-bond acceptors (Lipinski definition) is 2. The zero-order valence-electron chi connectivity index (χ0n) is 14.2. The highest BCUT2D eigenvalue weighted by molar-refractivity contribution is 5.25. The average molecular weight is 288 g/mol. The van der Waals surface area contributed by atoms with E-state index in [1.165, 1.54) is 43.5 Å². The molecule has 0 radical (unpaired) electrons. The molecular weight excluding hydrogens is 256 g/mol. The van der Waals surface area contributed by atoms with Crippen LogP contribution in [-0.2, 0) is 0 Å². The van der Waals surface area contributed by atoms with E-state index in [0.717, 1.165) is 6.42 Å². The van der Waals surface area contributed by atoms with Crippen molar-refractivity contribution in [3.63, 3.8) is 0 Å². The van der Waals surface area contributed by atoms with Crippen LogP contribution in [0, 0.1) is 12.3 Å². The van der Waals surface area contributed by atoms with Gasteiger partial charge in [0.15, 0.2) is 0 Å². The lowest BCUT2D eigenvalue weighted by Crippen LogP contribution is -2.46. The van der Waals surface area contributed by atoms with E-state index < -0.39 is 0 Å². The second kappa shape index (κ2) is 6.93. The average Bonchev–Trinajstić information content (AvgIpc) is 2.51. The standard InChI is InChI=1S/C19H32N2/c1-5-17(20)18(16-9-7-15(3)8-10-16)21-13-11-19(4,6-2)12-14-21/h7-10,17-18H,5-6,11-14,20H2,1-4H3. The number of rotatable bonds is 5. The van der Waals surface area contributed by atoms with E-state index in [-0.39, 0.29) is 6.04 Å². The van der Waals surface area contributed by atoms with Gasteiger partial charge in [0.2, 0.25) is 0 Å². The predicted molar refractivity (Wildman–Crippen MR) is 91.4 cm³/mol. The molecule has 0 spiro atoms. The van der Waals surface area contributed by atoms with Crippen molar-refractivity contribution >= 4 is 0 Å². The molecule has 1 aliphatic rings. The van der Waals surface area contributed by atoms with Crippen molar-refractivity contribution in [3.8, 4) is 0 Å². The first kappa shape index (κ1) is 16.5. The number of piperidine rings is 1. The van der Waals surface area contributed by atoms with Crippen LogP contribution in [0.1, 0.15) is 63.6 Å². The van der Waals surface area contributed by atoms with Gasteiger partial charge in [-0.25, -0.2) is 0 Å². The fourth-order valence-corrected chi connectivity index (χ4v) is 3.41. The maximum Gasteiger partial charge on any atom is 0.0499 e. The molecule has 1 fully saturated rings. The van der Waals surface area contributed by atoms with Gasteiger partial charge in [-0.3, -0.25) is 4.90 Å². The third-order valence-corrected chi connectivity index (χ3v) is 5.55. The highest BCUT2D eigenvalue weighted by Crippen LogP contribution is 2.37. The van der Waals surface area contributed by atoms with Crippen LogP contribution in [0.3, 0.4) is 0 Å². The lowest BCUT2D eigenvalue weighted by atomic mass is 9.77. The van der Waals surface area contributed by atoms with Gasteiger partial charge in [0.05, 0.1) is 0 Å². The van der Waals surface area contributed by atoms with Gasteiger partial charge in [-0.1, -0.05) is 57.0 Å². The summed E-state index contributed by atoms with van der Waals surface area (Å²) < 4.78 is 0. The van der Waals surface area contributed by atoms with Crippen LogP contribution in [0.15, 0.2) is 24.3 Å². The summed E-state index contributed by atoms with van der Waals surface area (Å²) in [6.07, 6.45) is 4.90. The zero-order valence-corrected chi connectivity index (χ0v) is 14.2. The summed E-state index contributed by atoms with van der Waals surface area (Å²) in [4.78, 5) is 2.62. The first-order valence-corrected chi connectivity index (χ1v) is 8.55. The van der Waals surface area contributed by atoms with Gasteiger partial charge >= 0.3 is 0 Å². The lowest BCUT2D eigenvalue weighted by molar-refractivity contribution is 0.0693. The fraction of sp³-hybridized carbons (Fsp3) is 0.684. The van der Waals surface area contributed by atoms with Gasteiger partial charge in [-0.05, 0) is 50.3 Å². The Morgan fingerprint density at radius 2 is 1.71 bits per heavy atom. The second-order valence-corrected chi connectivity index (χ2v) is 7.13. The Bertz CT molecular complexity index is 429. The summed E-state index contributed by atoms with van der Waals surface area (Å²) in [5.41, 5.74) is 9.71. The fourth-order valence-electron chi connectivity index (χ4n) is 3.41. The van der Waals surface area contributed by atoms with Crippen molar-refractivity contribution in [1.29, 1.82) is 0 Å². The van der Waals surface area contributed by atoms with Gasteiger partial charge in [0, 0.05) is 12.1 Å². The summed E-state index contributed by atoms with van der Waals surface area (Å²) in [6, 6.07) is 9.55. The summed E-state index contributed by atoms with van der Waals surface area (Å²) >= 11 is 0. The van der Waals surface area contributed by atoms with Gasteiger partial charge in [-0.2, -0.15) is 0 Å². The minimum absolute atomic E-state index is 0.221. The van der Waals surface area contributed by atoms with E-state index >= 15 is 0 Å². The number of benzene rings is 1. The van der Waals surface area contributed by atoms with Crippen molar-refractivity contribution in [3.05, 3.63) is 35.4 Å². The molecule has 0 bridgehead atoms. The molecule has 1 aliphatic heterocycles. The predicted octanol–water partition coefficient (Wildman–Crippen LogP) is 4.29. The van der Waals surface area contributed by atoms with Crippen LogP contribution in [0.25, 0.3) is 0 Å². The molecule has 21 heavy (non-hydrogen) atoms. The van der Waals surface area contributed by atoms with E-state index in [4.69, 9.17) is 5.73 Å². The van der Waals surface area contributed by atoms with Gasteiger partial charge in [0.1, 0.15) is 0 Å². The summed E-state index contributed by atoms with van der Waals surface area (Å²) in [5, 5.41) is 0. The van der Waals surface area contributed by atoms with Crippen molar-refractivity contribution in [2.45, 2.75) is 65.5 Å². The summed E-state index contributed by atoms with van der Waals surface area (Å²) in [6.45, 7) is 11.5. The van der Waals surface area contributed by atoms with Crippen LogP contribution in [-0.4, -0.2) is 24.0 Å². The van der Waals surface area contributed by atoms with Crippen molar-refractivity contribution in [2.75, 3.05) is 13.1 Å². The first-order valence-electron chi connectivity index (χ1n) is 8.55. The molecule has 0 saturated carbocycles. The van der Waals surface area contributed by atoms with E-state index in [1.54, 1.807) is 0 Å². The van der Waals surface area contributed by atoms with Crippen molar-refractivity contribution in [1.82, 2.24) is 4.90 Å². The Morgan fingerprint density at radius 3 is 2.19 bits per heavy atom. The number of likely N-dealkylation sites (tertiary alicyclic amines) is 1. The van der Waals surface area contributed by atoms with Crippen LogP contribution >= 0.6 is 0 Å². The quantitative estimate of drug-likeness (QED) is 0.876. The largest absolute Gasteiger partial charge is 0.326 e. The molecule has 2 nitrogen and oxygen atoms in total. The molecule has 2 N–H and O–H groups in total. The molecular formula is C19H32N2. The summed E-state index contributed by atoms with van der Waals surface area (Å²) in [5.74, 6) is 0. The molecule has 2 atom stereocenters. The zero-order chi connectivity index (χ0) is 15.5. The highest BCUT2D eigenvalue weighted by Gasteiger charge is 2.33. The Morgan fingerprint density at radius 1 is 1.14 bits per heavy atom. The molecule has 2 unspecified atom stereocenters. The Labute approximate surface area is 130 Å². The van der Waals surface area contributed by atoms with Crippen LogP contribution in [0.5, 0.6) is 0 Å². The minimum Gasteiger partial charge on any atom is -0.326 e. The lowest BCUT2D eigenvalue weighted by Gasteiger charge is -2.44. The molecule has 2 heteroatoms. The highest BCUT2D eigenvalue weighted by atomic mass is 15.2. The number of hydrogen-bond donors (Lipinski definition) is 1. The van der Waals surface area contributed by atoms with Crippen LogP contribution in [0.2, 0.25) is 0 Å². The van der Waals surface area contributed by atoms with E-state index in [0.29, 0.717) is 11.5 Å².